The second-order valence-corrected chi connectivity index (χ2v) is 4.04. The minimum atomic E-state index is 0.450. The van der Waals surface area contributed by atoms with E-state index in [1.54, 1.807) is 19.2 Å². The van der Waals surface area contributed by atoms with E-state index >= 15 is 0 Å². The van der Waals surface area contributed by atoms with Crippen molar-refractivity contribution in [3.05, 3.63) is 42.0 Å². The van der Waals surface area contributed by atoms with Gasteiger partial charge in [0.05, 0.1) is 13.7 Å². The van der Waals surface area contributed by atoms with Crippen LogP contribution >= 0.6 is 0 Å². The van der Waals surface area contributed by atoms with E-state index in [2.05, 4.69) is 4.98 Å². The van der Waals surface area contributed by atoms with Crippen molar-refractivity contribution in [2.75, 3.05) is 13.7 Å². The molecule has 0 spiro atoms. The third-order valence-corrected chi connectivity index (χ3v) is 2.67. The van der Waals surface area contributed by atoms with Gasteiger partial charge in [-0.2, -0.15) is 4.98 Å². The zero-order valence-electron chi connectivity index (χ0n) is 11.6. The number of methoxy groups -OCH3 is 1. The van der Waals surface area contributed by atoms with Crippen molar-refractivity contribution in [2.45, 2.75) is 13.5 Å². The highest BCUT2D eigenvalue weighted by Crippen LogP contribution is 2.32. The van der Waals surface area contributed by atoms with Crippen LogP contribution in [-0.2, 0) is 6.54 Å². The normalized spacial score (nSPS) is 10.2. The summed E-state index contributed by atoms with van der Waals surface area (Å²) in [4.78, 5) is 4.21. The fourth-order valence-electron chi connectivity index (χ4n) is 1.71. The molecule has 0 bridgehead atoms. The van der Waals surface area contributed by atoms with Gasteiger partial charge in [0.25, 0.3) is 0 Å². The van der Waals surface area contributed by atoms with Gasteiger partial charge in [0.15, 0.2) is 11.5 Å². The van der Waals surface area contributed by atoms with E-state index in [-0.39, 0.29) is 0 Å². The highest BCUT2D eigenvalue weighted by Gasteiger charge is 2.08. The lowest BCUT2D eigenvalue weighted by Crippen LogP contribution is -2.00. The molecule has 0 aliphatic heterocycles. The van der Waals surface area contributed by atoms with Crippen LogP contribution < -0.4 is 19.9 Å². The lowest BCUT2D eigenvalue weighted by molar-refractivity contribution is 0.317. The van der Waals surface area contributed by atoms with Gasteiger partial charge in [-0.25, -0.2) is 0 Å². The summed E-state index contributed by atoms with van der Waals surface area (Å²) in [7, 11) is 1.56. The molecule has 2 aromatic rings. The van der Waals surface area contributed by atoms with Gasteiger partial charge in [0.1, 0.15) is 0 Å². The third-order valence-electron chi connectivity index (χ3n) is 2.67. The van der Waals surface area contributed by atoms with Crippen LogP contribution in [0.1, 0.15) is 12.5 Å². The maximum Gasteiger partial charge on any atom is 0.222 e. The number of hydrogen-bond acceptors (Lipinski definition) is 5. The molecule has 5 heteroatoms. The molecule has 1 aromatic carbocycles. The zero-order valence-corrected chi connectivity index (χ0v) is 11.6. The monoisotopic (exact) mass is 274 g/mol. The molecule has 1 aromatic heterocycles. The molecule has 1 heterocycles. The summed E-state index contributed by atoms with van der Waals surface area (Å²) in [6.45, 7) is 2.93. The maximum atomic E-state index is 5.75. The van der Waals surface area contributed by atoms with Crippen molar-refractivity contribution in [3.63, 3.8) is 0 Å². The smallest absolute Gasteiger partial charge is 0.222 e. The van der Waals surface area contributed by atoms with Crippen molar-refractivity contribution >= 4 is 0 Å². The number of nitrogens with two attached hydrogens (primary N) is 1. The van der Waals surface area contributed by atoms with Gasteiger partial charge in [0, 0.05) is 18.7 Å². The Bertz CT molecular complexity index is 573. The van der Waals surface area contributed by atoms with Crippen LogP contribution in [0.5, 0.6) is 23.3 Å². The van der Waals surface area contributed by atoms with Gasteiger partial charge in [-0.15, -0.1) is 0 Å². The number of rotatable bonds is 6. The van der Waals surface area contributed by atoms with Gasteiger partial charge in [-0.3, -0.25) is 0 Å². The summed E-state index contributed by atoms with van der Waals surface area (Å²) < 4.78 is 16.4. The molecular weight excluding hydrogens is 256 g/mol. The van der Waals surface area contributed by atoms with Gasteiger partial charge >= 0.3 is 0 Å². The standard InChI is InChI=1S/C15H18N2O3/c1-3-19-13-9-11(10-16)7-8-12(13)20-15-6-4-5-14(17-15)18-2/h4-9H,3,10,16H2,1-2H3. The minimum Gasteiger partial charge on any atom is -0.490 e. The van der Waals surface area contributed by atoms with Gasteiger partial charge in [-0.05, 0) is 24.6 Å². The Morgan fingerprint density at radius 2 is 1.90 bits per heavy atom. The first-order valence-corrected chi connectivity index (χ1v) is 6.41. The number of nitrogens with zero attached hydrogens (tertiary/aromatic N) is 1. The molecule has 2 N–H and O–H groups in total. The number of aromatic nitrogens is 1. The highest BCUT2D eigenvalue weighted by atomic mass is 16.5. The van der Waals surface area contributed by atoms with E-state index in [0.29, 0.717) is 36.4 Å². The average molecular weight is 274 g/mol. The van der Waals surface area contributed by atoms with Crippen LogP contribution in [0.4, 0.5) is 0 Å². The summed E-state index contributed by atoms with van der Waals surface area (Å²) in [5.41, 5.74) is 6.62. The second-order valence-electron chi connectivity index (χ2n) is 4.04. The van der Waals surface area contributed by atoms with Crippen molar-refractivity contribution in [2.24, 2.45) is 5.73 Å². The maximum absolute atomic E-state index is 5.75. The first-order chi connectivity index (χ1) is 9.76. The zero-order chi connectivity index (χ0) is 14.4. The Hall–Kier alpha value is -2.27. The predicted octanol–water partition coefficient (Wildman–Crippen LogP) is 2.74. The Labute approximate surface area is 118 Å². The fourth-order valence-corrected chi connectivity index (χ4v) is 1.71. The Morgan fingerprint density at radius 1 is 1.10 bits per heavy atom. The average Bonchev–Trinajstić information content (AvgIpc) is 2.49. The van der Waals surface area contributed by atoms with Crippen LogP contribution in [0.2, 0.25) is 0 Å². The molecule has 0 amide bonds. The number of pyridine rings is 1. The van der Waals surface area contributed by atoms with Gasteiger partial charge < -0.3 is 19.9 Å². The van der Waals surface area contributed by atoms with Crippen LogP contribution in [0.3, 0.4) is 0 Å². The molecule has 0 aliphatic rings. The van der Waals surface area contributed by atoms with Gasteiger partial charge in [-0.1, -0.05) is 12.1 Å². The molecule has 2 rings (SSSR count). The number of hydrogen-bond donors (Lipinski definition) is 1. The summed E-state index contributed by atoms with van der Waals surface area (Å²) in [5, 5.41) is 0. The first-order valence-electron chi connectivity index (χ1n) is 6.41. The molecule has 0 atom stereocenters. The molecule has 0 saturated carbocycles. The van der Waals surface area contributed by atoms with E-state index in [1.165, 1.54) is 0 Å². The molecule has 0 aliphatic carbocycles. The van der Waals surface area contributed by atoms with Crippen molar-refractivity contribution in [1.82, 2.24) is 4.98 Å². The summed E-state index contributed by atoms with van der Waals surface area (Å²) in [6.07, 6.45) is 0. The summed E-state index contributed by atoms with van der Waals surface area (Å²) in [5.74, 6) is 2.20. The topological polar surface area (TPSA) is 66.6 Å². The quantitative estimate of drug-likeness (QED) is 0.877. The van der Waals surface area contributed by atoms with E-state index in [9.17, 15) is 0 Å². The largest absolute Gasteiger partial charge is 0.490 e. The molecule has 0 saturated heterocycles. The Morgan fingerprint density at radius 3 is 2.60 bits per heavy atom. The minimum absolute atomic E-state index is 0.450. The first kappa shape index (κ1) is 14.1. The van der Waals surface area contributed by atoms with Gasteiger partial charge in [0.2, 0.25) is 11.8 Å². The van der Waals surface area contributed by atoms with E-state index in [4.69, 9.17) is 19.9 Å². The number of ether oxygens (including phenoxy) is 3. The highest BCUT2D eigenvalue weighted by molar-refractivity contribution is 5.44. The van der Waals surface area contributed by atoms with E-state index in [0.717, 1.165) is 5.56 Å². The number of benzene rings is 1. The lowest BCUT2D eigenvalue weighted by atomic mass is 10.2. The molecule has 5 nitrogen and oxygen atoms in total. The molecule has 0 fully saturated rings. The Kier molecular flexibility index (Phi) is 4.79. The molecule has 106 valence electrons. The Balaban J connectivity index is 2.27. The van der Waals surface area contributed by atoms with Crippen LogP contribution in [0, 0.1) is 0 Å². The summed E-state index contributed by atoms with van der Waals surface area (Å²) in [6, 6.07) is 10.9. The predicted molar refractivity (Wildman–Crippen MR) is 76.4 cm³/mol. The lowest BCUT2D eigenvalue weighted by Gasteiger charge is -2.12. The SMILES string of the molecule is CCOc1cc(CN)ccc1Oc1cccc(OC)n1. The van der Waals surface area contributed by atoms with Crippen molar-refractivity contribution in [1.29, 1.82) is 0 Å². The second kappa shape index (κ2) is 6.77. The van der Waals surface area contributed by atoms with E-state index in [1.807, 2.05) is 31.2 Å². The van der Waals surface area contributed by atoms with Crippen molar-refractivity contribution in [3.8, 4) is 23.3 Å². The molecule has 0 unspecified atom stereocenters. The fraction of sp³-hybridized carbons (Fsp3) is 0.267. The molecule has 20 heavy (non-hydrogen) atoms. The third kappa shape index (κ3) is 3.39. The van der Waals surface area contributed by atoms with Crippen LogP contribution in [0.15, 0.2) is 36.4 Å². The summed E-state index contributed by atoms with van der Waals surface area (Å²) >= 11 is 0. The molecular formula is C15H18N2O3. The van der Waals surface area contributed by atoms with Crippen molar-refractivity contribution < 1.29 is 14.2 Å². The van der Waals surface area contributed by atoms with Crippen LogP contribution in [-0.4, -0.2) is 18.7 Å². The molecule has 0 radical (unpaired) electrons. The van der Waals surface area contributed by atoms with E-state index < -0.39 is 0 Å². The van der Waals surface area contributed by atoms with Crippen LogP contribution in [0.25, 0.3) is 0 Å².